The second-order valence-electron chi connectivity index (χ2n) is 4.44. The van der Waals surface area contributed by atoms with E-state index in [4.69, 9.17) is 4.74 Å². The van der Waals surface area contributed by atoms with Gasteiger partial charge in [-0.3, -0.25) is 4.79 Å². The summed E-state index contributed by atoms with van der Waals surface area (Å²) in [5.41, 5.74) is 3.29. The first-order valence-electron chi connectivity index (χ1n) is 6.14. The highest BCUT2D eigenvalue weighted by atomic mass is 16.5. The van der Waals surface area contributed by atoms with E-state index in [0.717, 1.165) is 18.6 Å². The molecule has 0 radical (unpaired) electrons. The van der Waals surface area contributed by atoms with Crippen LogP contribution in [0.5, 0.6) is 5.75 Å². The van der Waals surface area contributed by atoms with Crippen molar-refractivity contribution in [2.24, 2.45) is 0 Å². The number of rotatable bonds is 4. The number of carbonyl (C=O) groups is 1. The molecule has 0 saturated heterocycles. The zero-order valence-electron chi connectivity index (χ0n) is 10.5. The molecule has 1 aliphatic carbocycles. The Balaban J connectivity index is 2.43. The van der Waals surface area contributed by atoms with Crippen molar-refractivity contribution < 1.29 is 9.53 Å². The predicted octanol–water partition coefficient (Wildman–Crippen LogP) is 1.98. The topological polar surface area (TPSA) is 38.3 Å². The van der Waals surface area contributed by atoms with Crippen molar-refractivity contribution in [3.63, 3.8) is 0 Å². The third kappa shape index (κ3) is 2.34. The molecule has 1 aromatic rings. The third-order valence-electron chi connectivity index (χ3n) is 3.32. The number of fused-ring (bicyclic) bond motifs is 1. The summed E-state index contributed by atoms with van der Waals surface area (Å²) in [5.74, 6) is 0.889. The van der Waals surface area contributed by atoms with Gasteiger partial charge in [0, 0.05) is 0 Å². The number of aryl methyl sites for hydroxylation is 1. The molecule has 0 fully saturated rings. The summed E-state index contributed by atoms with van der Waals surface area (Å²) in [7, 11) is 3.43. The van der Waals surface area contributed by atoms with E-state index in [2.05, 4.69) is 11.4 Å². The van der Waals surface area contributed by atoms with Gasteiger partial charge in [-0.25, -0.2) is 0 Å². The Morgan fingerprint density at radius 3 is 2.82 bits per heavy atom. The van der Waals surface area contributed by atoms with E-state index in [-0.39, 0.29) is 5.78 Å². The lowest BCUT2D eigenvalue weighted by Gasteiger charge is -2.20. The first kappa shape index (κ1) is 12.1. The second-order valence-corrected chi connectivity index (χ2v) is 4.44. The minimum Gasteiger partial charge on any atom is -0.496 e. The van der Waals surface area contributed by atoms with Crippen LogP contribution in [0, 0.1) is 0 Å². The molecule has 0 aromatic heterocycles. The molecule has 1 aromatic carbocycles. The number of hydrogen-bond acceptors (Lipinski definition) is 3. The average Bonchev–Trinajstić information content (AvgIpc) is 2.37. The Bertz CT molecular complexity index is 426. The molecule has 0 bridgehead atoms. The first-order chi connectivity index (χ1) is 8.27. The zero-order chi connectivity index (χ0) is 12.3. The molecule has 0 amide bonds. The molecule has 3 nitrogen and oxygen atoms in total. The van der Waals surface area contributed by atoms with E-state index in [9.17, 15) is 4.79 Å². The summed E-state index contributed by atoms with van der Waals surface area (Å²) >= 11 is 0. The summed E-state index contributed by atoms with van der Waals surface area (Å²) in [4.78, 5) is 12.0. The molecule has 1 N–H and O–H groups in total. The largest absolute Gasteiger partial charge is 0.496 e. The fourth-order valence-electron chi connectivity index (χ4n) is 2.50. The van der Waals surface area contributed by atoms with Crippen molar-refractivity contribution in [3.8, 4) is 5.75 Å². The normalized spacial score (nSPS) is 14.2. The van der Waals surface area contributed by atoms with Crippen LogP contribution in [0.15, 0.2) is 12.1 Å². The highest BCUT2D eigenvalue weighted by Gasteiger charge is 2.20. The zero-order valence-corrected chi connectivity index (χ0v) is 10.5. The average molecular weight is 233 g/mol. The molecule has 0 saturated carbocycles. The Kier molecular flexibility index (Phi) is 3.79. The lowest BCUT2D eigenvalue weighted by Crippen LogP contribution is -2.20. The van der Waals surface area contributed by atoms with Crippen LogP contribution in [-0.4, -0.2) is 26.5 Å². The Labute approximate surface area is 102 Å². The molecule has 1 aliphatic rings. The van der Waals surface area contributed by atoms with Crippen LogP contribution in [-0.2, 0) is 12.8 Å². The maximum absolute atomic E-state index is 12.0. The molecule has 0 atom stereocenters. The fraction of sp³-hybridized carbons (Fsp3) is 0.500. The van der Waals surface area contributed by atoms with Crippen LogP contribution in [0.4, 0.5) is 0 Å². The van der Waals surface area contributed by atoms with Crippen molar-refractivity contribution in [2.45, 2.75) is 25.7 Å². The first-order valence-corrected chi connectivity index (χ1v) is 6.14. The van der Waals surface area contributed by atoms with Crippen LogP contribution in [0.25, 0.3) is 0 Å². The maximum Gasteiger partial charge on any atom is 0.180 e. The van der Waals surface area contributed by atoms with Gasteiger partial charge in [0.1, 0.15) is 5.75 Å². The quantitative estimate of drug-likeness (QED) is 0.808. The smallest absolute Gasteiger partial charge is 0.180 e. The van der Waals surface area contributed by atoms with E-state index < -0.39 is 0 Å². The highest BCUT2D eigenvalue weighted by molar-refractivity contribution is 6.00. The minimum atomic E-state index is 0.0951. The van der Waals surface area contributed by atoms with Gasteiger partial charge in [-0.1, -0.05) is 6.07 Å². The number of ether oxygens (including phenoxy) is 1. The molecule has 0 heterocycles. The molecular formula is C14H19NO2. The molecule has 92 valence electrons. The summed E-state index contributed by atoms with van der Waals surface area (Å²) in [6.07, 6.45) is 4.55. The van der Waals surface area contributed by atoms with Crippen LogP contribution in [0.1, 0.15) is 34.3 Å². The van der Waals surface area contributed by atoms with Gasteiger partial charge in [-0.15, -0.1) is 0 Å². The molecule has 0 spiro atoms. The van der Waals surface area contributed by atoms with E-state index in [1.165, 1.54) is 24.0 Å². The number of Topliss-reactive ketones (excluding diaryl/α,β-unsaturated/α-hetero) is 1. The predicted molar refractivity (Wildman–Crippen MR) is 67.9 cm³/mol. The van der Waals surface area contributed by atoms with Gasteiger partial charge in [-0.2, -0.15) is 0 Å². The fourth-order valence-corrected chi connectivity index (χ4v) is 2.50. The van der Waals surface area contributed by atoms with E-state index >= 15 is 0 Å². The number of hydrogen-bond donors (Lipinski definition) is 1. The summed E-state index contributed by atoms with van der Waals surface area (Å²) < 4.78 is 5.46. The summed E-state index contributed by atoms with van der Waals surface area (Å²) in [5, 5.41) is 2.89. The van der Waals surface area contributed by atoms with Crippen molar-refractivity contribution in [1.29, 1.82) is 0 Å². The number of methoxy groups -OCH3 is 1. The van der Waals surface area contributed by atoms with Gasteiger partial charge in [-0.05, 0) is 49.9 Å². The molecule has 0 aliphatic heterocycles. The minimum absolute atomic E-state index is 0.0951. The van der Waals surface area contributed by atoms with Gasteiger partial charge < -0.3 is 10.1 Å². The Morgan fingerprint density at radius 2 is 2.12 bits per heavy atom. The van der Waals surface area contributed by atoms with E-state index in [0.29, 0.717) is 12.1 Å². The van der Waals surface area contributed by atoms with Crippen LogP contribution >= 0.6 is 0 Å². The van der Waals surface area contributed by atoms with Crippen molar-refractivity contribution in [1.82, 2.24) is 5.32 Å². The third-order valence-corrected chi connectivity index (χ3v) is 3.32. The SMILES string of the molecule is CNCC(=O)c1ccc2c(c1OC)CCCC2. The van der Waals surface area contributed by atoms with Crippen LogP contribution < -0.4 is 10.1 Å². The standard InChI is InChI=1S/C14H19NO2/c1-15-9-13(16)12-8-7-10-5-3-4-6-11(10)14(12)17-2/h7-8,15H,3-6,9H2,1-2H3. The number of ketones is 1. The summed E-state index contributed by atoms with van der Waals surface area (Å²) in [6, 6.07) is 3.99. The van der Waals surface area contributed by atoms with Crippen molar-refractivity contribution in [3.05, 3.63) is 28.8 Å². The van der Waals surface area contributed by atoms with Gasteiger partial charge in [0.15, 0.2) is 5.78 Å². The van der Waals surface area contributed by atoms with Crippen molar-refractivity contribution >= 4 is 5.78 Å². The van der Waals surface area contributed by atoms with E-state index in [1.807, 2.05) is 6.07 Å². The van der Waals surface area contributed by atoms with Gasteiger partial charge in [0.05, 0.1) is 19.2 Å². The van der Waals surface area contributed by atoms with Crippen LogP contribution in [0.3, 0.4) is 0 Å². The second kappa shape index (κ2) is 5.32. The molecular weight excluding hydrogens is 214 g/mol. The number of likely N-dealkylation sites (N-methyl/N-ethyl adjacent to an activating group) is 1. The molecule has 0 unspecified atom stereocenters. The van der Waals surface area contributed by atoms with Gasteiger partial charge >= 0.3 is 0 Å². The van der Waals surface area contributed by atoms with Crippen LogP contribution in [0.2, 0.25) is 0 Å². The monoisotopic (exact) mass is 233 g/mol. The molecule has 17 heavy (non-hydrogen) atoms. The maximum atomic E-state index is 12.0. The highest BCUT2D eigenvalue weighted by Crippen LogP contribution is 2.32. The lowest BCUT2D eigenvalue weighted by atomic mass is 9.88. The lowest BCUT2D eigenvalue weighted by molar-refractivity contribution is 0.0990. The molecule has 2 rings (SSSR count). The number of nitrogens with one attached hydrogen (secondary N) is 1. The number of carbonyl (C=O) groups excluding carboxylic acids is 1. The van der Waals surface area contributed by atoms with Gasteiger partial charge in [0.2, 0.25) is 0 Å². The molecule has 3 heteroatoms. The van der Waals surface area contributed by atoms with Crippen molar-refractivity contribution in [2.75, 3.05) is 20.7 Å². The summed E-state index contributed by atoms with van der Waals surface area (Å²) in [6.45, 7) is 0.356. The number of benzene rings is 1. The van der Waals surface area contributed by atoms with Gasteiger partial charge in [0.25, 0.3) is 0 Å². The Hall–Kier alpha value is -1.35. The Morgan fingerprint density at radius 1 is 1.35 bits per heavy atom. The van der Waals surface area contributed by atoms with E-state index in [1.54, 1.807) is 14.2 Å².